The van der Waals surface area contributed by atoms with Gasteiger partial charge in [-0.3, -0.25) is 29.2 Å². The first-order valence-electron chi connectivity index (χ1n) is 12.5. The number of imide groups is 1. The quantitative estimate of drug-likeness (QED) is 0.418. The fourth-order valence-electron chi connectivity index (χ4n) is 4.97. The third-order valence-electron chi connectivity index (χ3n) is 6.75. The van der Waals surface area contributed by atoms with Crippen LogP contribution in [-0.4, -0.2) is 71.0 Å². The Hall–Kier alpha value is -3.08. The Balaban J connectivity index is 1.45. The smallest absolute Gasteiger partial charge is 0.234 e. The van der Waals surface area contributed by atoms with E-state index in [1.807, 2.05) is 26.0 Å². The molecule has 0 radical (unpaired) electrons. The van der Waals surface area contributed by atoms with Crippen LogP contribution in [0.4, 0.5) is 4.39 Å². The Labute approximate surface area is 228 Å². The Morgan fingerprint density at radius 3 is 2.71 bits per heavy atom. The highest BCUT2D eigenvalue weighted by Gasteiger charge is 2.36. The van der Waals surface area contributed by atoms with Crippen molar-refractivity contribution in [2.24, 2.45) is 0 Å². The molecule has 2 saturated heterocycles. The predicted octanol–water partition coefficient (Wildman–Crippen LogP) is 4.11. The first-order valence-corrected chi connectivity index (χ1v) is 13.7. The number of halogens is 2. The molecule has 38 heavy (non-hydrogen) atoms. The molecule has 2 aromatic heterocycles. The molecular weight excluding hydrogens is 531 g/mol. The van der Waals surface area contributed by atoms with Crippen LogP contribution in [0.25, 0.3) is 21.3 Å². The number of hydrogen-bond acceptors (Lipinski definition) is 7. The number of aromatic nitrogens is 1. The molecule has 2 atom stereocenters. The zero-order valence-corrected chi connectivity index (χ0v) is 22.7. The highest BCUT2D eigenvalue weighted by molar-refractivity contribution is 7.19. The number of benzene rings is 1. The maximum Gasteiger partial charge on any atom is 0.234 e. The van der Waals surface area contributed by atoms with Crippen LogP contribution in [0.3, 0.4) is 0 Å². The molecule has 2 aliphatic heterocycles. The molecule has 0 spiro atoms. The van der Waals surface area contributed by atoms with Gasteiger partial charge in [-0.2, -0.15) is 0 Å². The Morgan fingerprint density at radius 2 is 1.97 bits per heavy atom. The summed E-state index contributed by atoms with van der Waals surface area (Å²) >= 11 is 7.90. The van der Waals surface area contributed by atoms with Crippen LogP contribution < -0.4 is 10.1 Å². The molecule has 0 saturated carbocycles. The van der Waals surface area contributed by atoms with E-state index in [1.54, 1.807) is 23.2 Å². The Kier molecular flexibility index (Phi) is 7.65. The lowest BCUT2D eigenvalue weighted by Gasteiger charge is -2.21. The molecule has 200 valence electrons. The minimum Gasteiger partial charge on any atom is -0.485 e. The largest absolute Gasteiger partial charge is 0.485 e. The zero-order valence-electron chi connectivity index (χ0n) is 21.1. The van der Waals surface area contributed by atoms with Gasteiger partial charge in [0.05, 0.1) is 23.3 Å². The number of carbonyl (C=O) groups excluding carboxylic acids is 3. The molecule has 2 fully saturated rings. The SMILES string of the molecule is CCNC(=O)CN1CC(Oc2c(C)cc(Cl)cc2-c2ccnc3cc(CN4C(=O)CCC4=O)sc23)[C@@H](F)C1. The van der Waals surface area contributed by atoms with Crippen LogP contribution in [0.1, 0.15) is 30.2 Å². The summed E-state index contributed by atoms with van der Waals surface area (Å²) in [5.74, 6) is 0.0451. The number of alkyl halides is 1. The topological polar surface area (TPSA) is 91.8 Å². The van der Waals surface area contributed by atoms with Crippen LogP contribution in [0.5, 0.6) is 5.75 Å². The molecule has 3 amide bonds. The molecule has 2 aliphatic rings. The second-order valence-corrected chi connectivity index (χ2v) is 11.2. The van der Waals surface area contributed by atoms with Crippen molar-refractivity contribution in [2.75, 3.05) is 26.2 Å². The van der Waals surface area contributed by atoms with Gasteiger partial charge in [-0.15, -0.1) is 11.3 Å². The Bertz CT molecular complexity index is 1400. The normalized spacial score (nSPS) is 20.1. The van der Waals surface area contributed by atoms with E-state index in [4.69, 9.17) is 16.3 Å². The first kappa shape index (κ1) is 26.5. The summed E-state index contributed by atoms with van der Waals surface area (Å²) < 4.78 is 22.2. The van der Waals surface area contributed by atoms with Crippen molar-refractivity contribution in [3.63, 3.8) is 0 Å². The minimum atomic E-state index is -1.26. The molecule has 8 nitrogen and oxygen atoms in total. The van der Waals surface area contributed by atoms with Crippen molar-refractivity contribution in [1.29, 1.82) is 0 Å². The number of carbonyl (C=O) groups is 3. The summed E-state index contributed by atoms with van der Waals surface area (Å²) in [4.78, 5) is 44.6. The van der Waals surface area contributed by atoms with Crippen molar-refractivity contribution in [3.05, 3.63) is 45.9 Å². The third kappa shape index (κ3) is 5.39. The second-order valence-electron chi connectivity index (χ2n) is 9.58. The zero-order chi connectivity index (χ0) is 27.0. The summed E-state index contributed by atoms with van der Waals surface area (Å²) in [6.45, 7) is 4.96. The van der Waals surface area contributed by atoms with Gasteiger partial charge in [0.2, 0.25) is 17.7 Å². The lowest BCUT2D eigenvalue weighted by molar-refractivity contribution is -0.139. The molecule has 11 heteroatoms. The Morgan fingerprint density at radius 1 is 1.21 bits per heavy atom. The maximum atomic E-state index is 15.0. The first-order chi connectivity index (χ1) is 18.2. The van der Waals surface area contributed by atoms with Gasteiger partial charge in [-0.1, -0.05) is 11.6 Å². The fraction of sp³-hybridized carbons (Fsp3) is 0.407. The average Bonchev–Trinajstić information content (AvgIpc) is 3.53. The second kappa shape index (κ2) is 11.0. The summed E-state index contributed by atoms with van der Waals surface area (Å²) in [5.41, 5.74) is 3.01. The number of likely N-dealkylation sites (tertiary alicyclic amines) is 2. The highest BCUT2D eigenvalue weighted by Crippen LogP contribution is 2.42. The van der Waals surface area contributed by atoms with E-state index >= 15 is 4.39 Å². The van der Waals surface area contributed by atoms with Gasteiger partial charge < -0.3 is 10.1 Å². The number of aryl methyl sites for hydroxylation is 1. The molecule has 0 bridgehead atoms. The lowest BCUT2D eigenvalue weighted by atomic mass is 10.0. The molecule has 1 unspecified atom stereocenters. The number of fused-ring (bicyclic) bond motifs is 1. The minimum absolute atomic E-state index is 0.117. The van der Waals surface area contributed by atoms with E-state index in [2.05, 4.69) is 10.3 Å². The number of rotatable bonds is 8. The number of nitrogens with one attached hydrogen (secondary N) is 1. The average molecular weight is 559 g/mol. The van der Waals surface area contributed by atoms with Gasteiger partial charge in [-0.25, -0.2) is 4.39 Å². The maximum absolute atomic E-state index is 15.0. The molecule has 1 N–H and O–H groups in total. The molecule has 4 heterocycles. The van der Waals surface area contributed by atoms with Gasteiger partial charge >= 0.3 is 0 Å². The number of hydrogen-bond donors (Lipinski definition) is 1. The number of thiophene rings is 1. The summed E-state index contributed by atoms with van der Waals surface area (Å²) in [6, 6.07) is 7.31. The van der Waals surface area contributed by atoms with E-state index < -0.39 is 12.3 Å². The van der Waals surface area contributed by atoms with E-state index in [0.29, 0.717) is 22.9 Å². The molecule has 0 aliphatic carbocycles. The number of likely N-dealkylation sites (N-methyl/N-ethyl adjacent to an activating group) is 1. The van der Waals surface area contributed by atoms with E-state index in [9.17, 15) is 14.4 Å². The van der Waals surface area contributed by atoms with Crippen molar-refractivity contribution in [3.8, 4) is 16.9 Å². The molecule has 1 aromatic carbocycles. The lowest BCUT2D eigenvalue weighted by Crippen LogP contribution is -2.36. The monoisotopic (exact) mass is 558 g/mol. The van der Waals surface area contributed by atoms with Crippen molar-refractivity contribution >= 4 is 50.9 Å². The van der Waals surface area contributed by atoms with Gasteiger partial charge in [0, 0.05) is 59.7 Å². The predicted molar refractivity (Wildman–Crippen MR) is 144 cm³/mol. The van der Waals surface area contributed by atoms with Gasteiger partial charge in [0.1, 0.15) is 11.9 Å². The summed E-state index contributed by atoms with van der Waals surface area (Å²) in [7, 11) is 0. The van der Waals surface area contributed by atoms with E-state index in [-0.39, 0.29) is 56.7 Å². The molecule has 3 aromatic rings. The van der Waals surface area contributed by atoms with Crippen molar-refractivity contribution in [2.45, 2.75) is 45.5 Å². The van der Waals surface area contributed by atoms with E-state index in [1.165, 1.54) is 16.2 Å². The van der Waals surface area contributed by atoms with E-state index in [0.717, 1.165) is 26.2 Å². The summed E-state index contributed by atoms with van der Waals surface area (Å²) in [6.07, 6.45) is 0.169. The number of pyridine rings is 1. The van der Waals surface area contributed by atoms with Crippen LogP contribution >= 0.6 is 22.9 Å². The van der Waals surface area contributed by atoms with Crippen LogP contribution in [0, 0.1) is 6.92 Å². The molecule has 5 rings (SSSR count). The van der Waals surface area contributed by atoms with Crippen LogP contribution in [0.2, 0.25) is 5.02 Å². The summed E-state index contributed by atoms with van der Waals surface area (Å²) in [5, 5.41) is 3.26. The number of ether oxygens (including phenoxy) is 1. The standard InChI is InChI=1S/C27H28ClFN4O4S/c1-3-30-23(34)14-32-12-20(29)22(13-32)37-26-15(2)8-16(28)9-19(26)18-6-7-31-21-10-17(38-27(18)21)11-33-24(35)4-5-25(33)36/h6-10,20,22H,3-5,11-14H2,1-2H3,(H,30,34)/t20-,22?/m0/s1. The van der Waals surface area contributed by atoms with Crippen molar-refractivity contribution < 1.29 is 23.5 Å². The number of nitrogens with zero attached hydrogens (tertiary/aromatic N) is 3. The van der Waals surface area contributed by atoms with Crippen LogP contribution in [0.15, 0.2) is 30.5 Å². The molecular formula is C27H28ClFN4O4S. The number of amides is 3. The highest BCUT2D eigenvalue weighted by atomic mass is 35.5. The van der Waals surface area contributed by atoms with Gasteiger partial charge in [-0.05, 0) is 43.7 Å². The third-order valence-corrected chi connectivity index (χ3v) is 8.11. The van der Waals surface area contributed by atoms with Gasteiger partial charge in [0.15, 0.2) is 6.17 Å². The van der Waals surface area contributed by atoms with Crippen LogP contribution in [-0.2, 0) is 20.9 Å². The van der Waals surface area contributed by atoms with Crippen molar-refractivity contribution in [1.82, 2.24) is 20.1 Å². The fourth-order valence-corrected chi connectivity index (χ4v) is 6.38. The van der Waals surface area contributed by atoms with Gasteiger partial charge in [0.25, 0.3) is 0 Å².